The van der Waals surface area contributed by atoms with Crippen molar-refractivity contribution in [3.05, 3.63) is 133 Å². The first-order valence-corrected chi connectivity index (χ1v) is 49.0. The average Bonchev–Trinajstić information content (AvgIpc) is 1.72. The highest BCUT2D eigenvalue weighted by Gasteiger charge is 2.32. The Bertz CT molecular complexity index is 3560. The Morgan fingerprint density at radius 3 is 1.30 bits per heavy atom. The molecule has 798 valence electrons. The minimum atomic E-state index is -0.648. The Morgan fingerprint density at radius 2 is 0.871 bits per heavy atom. The Labute approximate surface area is 833 Å². The van der Waals surface area contributed by atoms with Gasteiger partial charge in [-0.15, -0.1) is 13.0 Å². The summed E-state index contributed by atoms with van der Waals surface area (Å²) in [7, 11) is 4.62. The number of halogens is 1. The third kappa shape index (κ3) is 85.9. The molecule has 0 amide bonds. The van der Waals surface area contributed by atoms with Crippen molar-refractivity contribution in [3.8, 4) is 23.8 Å². The van der Waals surface area contributed by atoms with Crippen LogP contribution in [0, 0.1) is 19.3 Å². The van der Waals surface area contributed by atoms with Gasteiger partial charge in [-0.2, -0.15) is 0 Å². The maximum Gasteiger partial charge on any atom is 0.508 e. The fraction of sp³-hybridized carbons (Fsp3) is 0.725. The van der Waals surface area contributed by atoms with Gasteiger partial charge >= 0.3 is 12.3 Å². The zero-order valence-electron chi connectivity index (χ0n) is 84.3. The fourth-order valence-corrected chi connectivity index (χ4v) is 9.72. The van der Waals surface area contributed by atoms with E-state index in [0.717, 1.165) is 182 Å². The lowest BCUT2D eigenvalue weighted by atomic mass is 10.2. The van der Waals surface area contributed by atoms with Crippen molar-refractivity contribution in [2.75, 3.05) is 278 Å². The number of ether oxygens (including phenoxy) is 34. The highest BCUT2D eigenvalue weighted by molar-refractivity contribution is 6.17. The molecule has 38 heteroatoms. The second kappa shape index (κ2) is 78.9. The van der Waals surface area contributed by atoms with Gasteiger partial charge in [-0.1, -0.05) is 97.6 Å². The van der Waals surface area contributed by atoms with Crippen molar-refractivity contribution in [3.63, 3.8) is 0 Å². The molecule has 0 spiro atoms. The number of hydrogen-bond donors (Lipinski definition) is 0. The summed E-state index contributed by atoms with van der Waals surface area (Å²) < 4.78 is 175. The molecule has 17 heterocycles. The number of hydrogen-bond acceptors (Lipinski definition) is 37. The number of epoxide rings is 15. The average molecular weight is 2010 g/mol. The van der Waals surface area contributed by atoms with Crippen molar-refractivity contribution in [2.45, 2.75) is 204 Å². The van der Waals surface area contributed by atoms with Crippen molar-refractivity contribution in [1.82, 2.24) is 0 Å². The molecular weight excluding hydrogens is 1850 g/mol. The lowest BCUT2D eigenvalue weighted by Crippen LogP contribution is -2.21. The number of terminal acetylenes is 1. The number of methoxy groups -OCH3 is 3. The van der Waals surface area contributed by atoms with Gasteiger partial charge in [0.05, 0.1) is 243 Å². The third-order valence-electron chi connectivity index (χ3n) is 18.8. The second-order valence-corrected chi connectivity index (χ2v) is 34.6. The van der Waals surface area contributed by atoms with Gasteiger partial charge in [-0.25, -0.2) is 9.59 Å². The van der Waals surface area contributed by atoms with E-state index in [1.165, 1.54) is 37.5 Å². The number of aryl methyl sites for hydroxylation is 1. The molecule has 16 fully saturated rings. The minimum absolute atomic E-state index is 0.00799. The molecule has 4 aromatic rings. The molecule has 16 aliphatic heterocycles. The van der Waals surface area contributed by atoms with Crippen LogP contribution >= 0.6 is 11.6 Å². The molecule has 16 unspecified atom stereocenters. The Morgan fingerprint density at radius 1 is 0.443 bits per heavy atom. The Balaban J connectivity index is 0.000000231. The van der Waals surface area contributed by atoms with Crippen LogP contribution in [-0.2, 0) is 165 Å². The van der Waals surface area contributed by atoms with Gasteiger partial charge in [0.15, 0.2) is 0 Å². The summed E-state index contributed by atoms with van der Waals surface area (Å²) in [6.45, 7) is 48.9. The van der Waals surface area contributed by atoms with Gasteiger partial charge < -0.3 is 165 Å². The molecule has 0 aliphatic carbocycles. The Hall–Kier alpha value is -6.45. The molecule has 37 nitrogen and oxygen atoms in total. The lowest BCUT2D eigenvalue weighted by Gasteiger charge is -2.18. The first-order valence-electron chi connectivity index (χ1n) is 48.5. The summed E-state index contributed by atoms with van der Waals surface area (Å²) in [5.74, 6) is 5.09. The molecule has 16 aliphatic rings. The lowest BCUT2D eigenvalue weighted by molar-refractivity contribution is -0.0104. The summed E-state index contributed by atoms with van der Waals surface area (Å²) in [5.41, 5.74) is 2.44. The largest absolute Gasteiger partial charge is 0.508 e. The van der Waals surface area contributed by atoms with E-state index in [0.29, 0.717) is 197 Å². The summed E-state index contributed by atoms with van der Waals surface area (Å²) in [6, 6.07) is 32.0. The summed E-state index contributed by atoms with van der Waals surface area (Å²) in [5, 5.41) is 0. The molecule has 16 atom stereocenters. The topological polar surface area (TPSA) is 411 Å². The number of rotatable bonds is 50. The maximum atomic E-state index is 10.5. The van der Waals surface area contributed by atoms with E-state index in [4.69, 9.17) is 165 Å². The van der Waals surface area contributed by atoms with Gasteiger partial charge in [0, 0.05) is 27.4 Å². The molecule has 140 heavy (non-hydrogen) atoms. The van der Waals surface area contributed by atoms with Crippen LogP contribution in [0.1, 0.15) is 91.0 Å². The predicted octanol–water partition coefficient (Wildman–Crippen LogP) is 11.9. The highest BCUT2D eigenvalue weighted by atomic mass is 35.5. The van der Waals surface area contributed by atoms with Crippen LogP contribution in [0.5, 0.6) is 11.5 Å². The monoisotopic (exact) mass is 2010 g/mol. The van der Waals surface area contributed by atoms with Crippen LogP contribution in [0.25, 0.3) is 0 Å². The summed E-state index contributed by atoms with van der Waals surface area (Å²) in [4.78, 5) is 20.7. The van der Waals surface area contributed by atoms with E-state index >= 15 is 0 Å². The third-order valence-corrected chi connectivity index (χ3v) is 18.9. The molecule has 16 saturated heterocycles. The Kier molecular flexibility index (Phi) is 68.9. The number of alkyl halides is 1. The molecule has 0 radical (unpaired) electrons. The minimum Gasteiger partial charge on any atom is -0.491 e. The van der Waals surface area contributed by atoms with Gasteiger partial charge in [-0.3, -0.25) is 0 Å². The zero-order valence-corrected chi connectivity index (χ0v) is 85.1. The van der Waals surface area contributed by atoms with Crippen molar-refractivity contribution < 1.29 is 175 Å². The summed E-state index contributed by atoms with van der Waals surface area (Å²) >= 11 is 5.20. The molecule has 20 rings (SSSR count). The number of furan rings is 1. The first-order chi connectivity index (χ1) is 68.2. The maximum absolute atomic E-state index is 10.5. The van der Waals surface area contributed by atoms with E-state index in [9.17, 15) is 9.59 Å². The van der Waals surface area contributed by atoms with Crippen LogP contribution in [-0.4, -0.2) is 400 Å². The molecule has 1 aromatic heterocycles. The van der Waals surface area contributed by atoms with Crippen molar-refractivity contribution in [2.24, 2.45) is 0 Å². The molecule has 0 N–H and O–H groups in total. The number of unbranched alkanes of at least 4 members (excludes halogenated alkanes) is 1. The van der Waals surface area contributed by atoms with E-state index in [2.05, 4.69) is 84.3 Å². The SMILES string of the molecule is C#CCOCC1CO1.C1COC(COCC2CO2)C1.C=CCOCC1CO1.CC(C)(C)OCC1CO1.CC(C)OCC1CO1.CCCCOCC1CO1.CCOC(=O)OCC1CO1.COC(=O)OCC1CO1.COCC1CO1.COCCOCC1CO1.Cc1cccc(OCC2CO2)c1.ClCOCC1CO1.c1ccc(COCC2CO2)cc1.c1ccc(OCC2CO2)cc1.c1coc(COCC2CO2)c1. The molecule has 3 aromatic carbocycles. The van der Waals surface area contributed by atoms with Crippen molar-refractivity contribution in [1.29, 1.82) is 0 Å². The van der Waals surface area contributed by atoms with Gasteiger partial charge in [0.25, 0.3) is 0 Å². The van der Waals surface area contributed by atoms with E-state index in [-0.39, 0.29) is 23.9 Å². The van der Waals surface area contributed by atoms with E-state index in [1.54, 1.807) is 33.5 Å². The normalized spacial score (nSPS) is 24.7. The van der Waals surface area contributed by atoms with Crippen LogP contribution in [0.15, 0.2) is 120 Å². The predicted molar refractivity (Wildman–Crippen MR) is 515 cm³/mol. The molecule has 0 bridgehead atoms. The second-order valence-electron chi connectivity index (χ2n) is 34.4. The zero-order chi connectivity index (χ0) is 100. The number of para-hydroxylation sites is 1. The van der Waals surface area contributed by atoms with Gasteiger partial charge in [-0.05, 0) is 115 Å². The number of carbonyl (C=O) groups excluding carboxylic acids is 2. The van der Waals surface area contributed by atoms with E-state index < -0.39 is 12.3 Å². The van der Waals surface area contributed by atoms with Gasteiger partial charge in [0.1, 0.15) is 155 Å². The molecule has 0 saturated carbocycles. The van der Waals surface area contributed by atoms with Crippen LogP contribution < -0.4 is 9.47 Å². The number of benzene rings is 3. The van der Waals surface area contributed by atoms with Crippen LogP contribution in [0.4, 0.5) is 9.59 Å². The molecular formula is C102H161ClO37. The quantitative estimate of drug-likeness (QED) is 0.00989. The summed E-state index contributed by atoms with van der Waals surface area (Å²) in [6.07, 6.45) is 17.6. The smallest absolute Gasteiger partial charge is 0.491 e. The highest BCUT2D eigenvalue weighted by Crippen LogP contribution is 2.22. The van der Waals surface area contributed by atoms with Crippen LogP contribution in [0.2, 0.25) is 0 Å². The van der Waals surface area contributed by atoms with Crippen molar-refractivity contribution >= 4 is 23.9 Å². The number of carbonyl (C=O) groups is 2. The van der Waals surface area contributed by atoms with E-state index in [1.807, 2.05) is 92.7 Å². The first kappa shape index (κ1) is 122. The van der Waals surface area contributed by atoms with Gasteiger partial charge in [0.2, 0.25) is 0 Å². The fourth-order valence-electron chi connectivity index (χ4n) is 9.63. The van der Waals surface area contributed by atoms with Crippen LogP contribution in [0.3, 0.4) is 0 Å². The standard InChI is InChI=1S/2C10H12O2.C9H10O2.C8H14O3.C8H10O3.2C7H14O2.C6H10O4.C6H12O3.C6H12O2.C6H10O2.C6H8O2.C5H8O4.C4H7ClO2.C4H8O2/c1-8-3-2-4-9(5-8)11-6-10-7-12-10;1-2-4-9(5-3-1)6-11-7-10-8-12-10;1-2-4-8(5-3-1)10-6-9-7-11-9;2*1-2-7(10-3-1)4-9-5-8-6-11-8;1-7(2,3)9-5-6-4-8-6;1-2-3-4-8-5-7-6-9-7;1-2-8-6(7)10-4-5-3-9-5;1-7-2-3-8-4-6-5-9-6;1-5(2)7-3-6-4-8-6;2*1-2-3-7-4-6-5-8-6;1-7-5(6)9-3-4-2-8-4;5-3-6-1-4-2-7-4;1-5-2-4-3-6-4/h2-5,10H,6-7H2,1H3;1-5,10H,6-8H2;1-5,9H,6-7H2;7-8H,1-6H2;1-3,8H,4-6H2;6H,4-5H2,1-3H3;7H,2-6H2,1H3;5H,2-4H2,1H3;6H,2-5H2,1H3;5-6H,3-4H2,1-2H3;2,6H,1,3-5H2;1,6H,3-5H2;4H,2-3H2,1H3;4H,1-3H2;4H,2-3H2,1H3.